The van der Waals surface area contributed by atoms with E-state index < -0.39 is 0 Å². The van der Waals surface area contributed by atoms with Crippen LogP contribution in [0.15, 0.2) is 57.9 Å². The summed E-state index contributed by atoms with van der Waals surface area (Å²) in [7, 11) is 0. The van der Waals surface area contributed by atoms with Crippen molar-refractivity contribution in [2.24, 2.45) is 0 Å². The number of aryl methyl sites for hydroxylation is 2. The number of rotatable bonds is 3. The highest BCUT2D eigenvalue weighted by Crippen LogP contribution is 2.38. The molecular formula is C22H15Cl2NO2S2. The molecule has 0 unspecified atom stereocenters. The second-order valence-electron chi connectivity index (χ2n) is 6.63. The summed E-state index contributed by atoms with van der Waals surface area (Å²) >= 11 is 19.0. The Hall–Kier alpha value is -2.05. The molecule has 0 radical (unpaired) electrons. The van der Waals surface area contributed by atoms with Crippen LogP contribution in [0.2, 0.25) is 10.0 Å². The van der Waals surface area contributed by atoms with Crippen LogP contribution in [0.5, 0.6) is 0 Å². The van der Waals surface area contributed by atoms with Crippen LogP contribution in [0.3, 0.4) is 0 Å². The van der Waals surface area contributed by atoms with Gasteiger partial charge in [0.1, 0.15) is 11.5 Å². The number of nitrogens with zero attached hydrogens (tertiary/aromatic N) is 1. The molecule has 146 valence electrons. The largest absolute Gasteiger partial charge is 0.457 e. The Labute approximate surface area is 188 Å². The Kier molecular flexibility index (Phi) is 5.58. The van der Waals surface area contributed by atoms with Crippen molar-refractivity contribution < 1.29 is 9.21 Å². The molecule has 0 saturated carbocycles. The molecule has 0 spiro atoms. The van der Waals surface area contributed by atoms with Crippen LogP contribution in [0, 0.1) is 13.8 Å². The van der Waals surface area contributed by atoms with Crippen molar-refractivity contribution in [1.82, 2.24) is 0 Å². The minimum absolute atomic E-state index is 0.161. The van der Waals surface area contributed by atoms with Gasteiger partial charge in [-0.3, -0.25) is 9.69 Å². The first-order valence-corrected chi connectivity index (χ1v) is 10.7. The van der Waals surface area contributed by atoms with Gasteiger partial charge in [-0.1, -0.05) is 64.9 Å². The predicted octanol–water partition coefficient (Wildman–Crippen LogP) is 7.28. The zero-order valence-corrected chi connectivity index (χ0v) is 18.7. The standard InChI is InChI=1S/C22H15Cl2NO2S2/c1-12-3-7-18(13(2)9-12)25-21(26)20(29-22(25)28)11-15-5-8-19(27-15)16-10-14(23)4-6-17(16)24/h3-11H,1-2H3/b20-11+. The zero-order valence-electron chi connectivity index (χ0n) is 15.5. The first-order chi connectivity index (χ1) is 13.8. The van der Waals surface area contributed by atoms with Crippen LogP contribution >= 0.6 is 47.2 Å². The summed E-state index contributed by atoms with van der Waals surface area (Å²) in [5.74, 6) is 0.955. The van der Waals surface area contributed by atoms with Crippen molar-refractivity contribution in [2.75, 3.05) is 4.90 Å². The highest BCUT2D eigenvalue weighted by atomic mass is 35.5. The smallest absolute Gasteiger partial charge is 0.270 e. The minimum atomic E-state index is -0.161. The van der Waals surface area contributed by atoms with E-state index in [1.807, 2.05) is 32.0 Å². The summed E-state index contributed by atoms with van der Waals surface area (Å²) in [6.45, 7) is 3.99. The molecule has 2 aromatic carbocycles. The first kappa shape index (κ1) is 20.2. The number of anilines is 1. The number of thioether (sulfide) groups is 1. The van der Waals surface area contributed by atoms with E-state index in [-0.39, 0.29) is 5.91 Å². The lowest BCUT2D eigenvalue weighted by Gasteiger charge is -2.17. The third-order valence-corrected chi connectivity index (χ3v) is 6.35. The maximum absolute atomic E-state index is 13.0. The lowest BCUT2D eigenvalue weighted by Crippen LogP contribution is -2.28. The molecule has 1 aliphatic heterocycles. The van der Waals surface area contributed by atoms with Crippen molar-refractivity contribution in [3.05, 3.63) is 80.4 Å². The topological polar surface area (TPSA) is 33.5 Å². The summed E-state index contributed by atoms with van der Waals surface area (Å²) < 4.78 is 6.38. The molecule has 0 bridgehead atoms. The molecular weight excluding hydrogens is 445 g/mol. The van der Waals surface area contributed by atoms with E-state index in [0.29, 0.717) is 36.4 Å². The van der Waals surface area contributed by atoms with Crippen LogP contribution in [-0.4, -0.2) is 10.2 Å². The lowest BCUT2D eigenvalue weighted by molar-refractivity contribution is -0.113. The Morgan fingerprint density at radius 1 is 1.07 bits per heavy atom. The van der Waals surface area contributed by atoms with Crippen molar-refractivity contribution in [3.63, 3.8) is 0 Å². The van der Waals surface area contributed by atoms with Crippen LogP contribution in [0.25, 0.3) is 17.4 Å². The van der Waals surface area contributed by atoms with Crippen molar-refractivity contribution in [1.29, 1.82) is 0 Å². The Balaban J connectivity index is 1.64. The van der Waals surface area contributed by atoms with Gasteiger partial charge in [-0.2, -0.15) is 0 Å². The summed E-state index contributed by atoms with van der Waals surface area (Å²) in [5.41, 5.74) is 3.63. The van der Waals surface area contributed by atoms with Crippen molar-refractivity contribution in [2.45, 2.75) is 13.8 Å². The number of furan rings is 1. The Morgan fingerprint density at radius 2 is 1.86 bits per heavy atom. The molecule has 7 heteroatoms. The third kappa shape index (κ3) is 4.01. The molecule has 29 heavy (non-hydrogen) atoms. The van der Waals surface area contributed by atoms with Gasteiger partial charge in [-0.15, -0.1) is 0 Å². The van der Waals surface area contributed by atoms with Crippen LogP contribution in [0.4, 0.5) is 5.69 Å². The van der Waals surface area contributed by atoms with Gasteiger partial charge in [0.25, 0.3) is 5.91 Å². The van der Waals surface area contributed by atoms with Gasteiger partial charge < -0.3 is 4.42 Å². The molecule has 1 amide bonds. The van der Waals surface area contributed by atoms with Crippen molar-refractivity contribution >= 4 is 69.2 Å². The van der Waals surface area contributed by atoms with E-state index in [4.69, 9.17) is 39.8 Å². The third-order valence-electron chi connectivity index (χ3n) is 4.48. The highest BCUT2D eigenvalue weighted by molar-refractivity contribution is 8.27. The monoisotopic (exact) mass is 459 g/mol. The average Bonchev–Trinajstić information content (AvgIpc) is 3.23. The average molecular weight is 460 g/mol. The van der Waals surface area contributed by atoms with E-state index in [0.717, 1.165) is 16.8 Å². The first-order valence-electron chi connectivity index (χ1n) is 8.74. The Bertz CT molecular complexity index is 1180. The zero-order chi connectivity index (χ0) is 20.7. The molecule has 1 saturated heterocycles. The molecule has 4 rings (SSSR count). The van der Waals surface area contributed by atoms with Gasteiger partial charge in [0.05, 0.1) is 15.6 Å². The molecule has 0 aliphatic carbocycles. The van der Waals surface area contributed by atoms with E-state index >= 15 is 0 Å². The van der Waals surface area contributed by atoms with Gasteiger partial charge in [0.15, 0.2) is 4.32 Å². The summed E-state index contributed by atoms with van der Waals surface area (Å²) in [5, 5.41) is 1.10. The maximum Gasteiger partial charge on any atom is 0.270 e. The quantitative estimate of drug-likeness (QED) is 0.304. The minimum Gasteiger partial charge on any atom is -0.457 e. The lowest BCUT2D eigenvalue weighted by atomic mass is 10.1. The molecule has 3 nitrogen and oxygen atoms in total. The second-order valence-corrected chi connectivity index (χ2v) is 9.15. The Morgan fingerprint density at radius 3 is 2.62 bits per heavy atom. The number of carbonyl (C=O) groups is 1. The van der Waals surface area contributed by atoms with Crippen LogP contribution < -0.4 is 4.90 Å². The van der Waals surface area contributed by atoms with E-state index in [1.165, 1.54) is 11.8 Å². The summed E-state index contributed by atoms with van der Waals surface area (Å²) in [6.07, 6.45) is 1.70. The molecule has 2 heterocycles. The number of hydrogen-bond acceptors (Lipinski definition) is 4. The molecule has 1 aliphatic rings. The van der Waals surface area contributed by atoms with Gasteiger partial charge in [0.2, 0.25) is 0 Å². The predicted molar refractivity (Wildman–Crippen MR) is 126 cm³/mol. The molecule has 3 aromatic rings. The fourth-order valence-corrected chi connectivity index (χ4v) is 4.77. The number of halogens is 2. The normalized spacial score (nSPS) is 15.6. The fraction of sp³-hybridized carbons (Fsp3) is 0.0909. The number of hydrogen-bond donors (Lipinski definition) is 0. The molecule has 1 fully saturated rings. The number of carbonyl (C=O) groups excluding carboxylic acids is 1. The van der Waals surface area contributed by atoms with Gasteiger partial charge in [0, 0.05) is 16.7 Å². The number of amides is 1. The van der Waals surface area contributed by atoms with E-state index in [9.17, 15) is 4.79 Å². The van der Waals surface area contributed by atoms with Gasteiger partial charge in [-0.05, 0) is 55.8 Å². The number of benzene rings is 2. The molecule has 0 N–H and O–H groups in total. The highest BCUT2D eigenvalue weighted by Gasteiger charge is 2.34. The number of thiocarbonyl (C=S) groups is 1. The van der Waals surface area contributed by atoms with Crippen LogP contribution in [-0.2, 0) is 4.79 Å². The maximum atomic E-state index is 13.0. The SMILES string of the molecule is Cc1ccc(N2C(=O)/C(=C\c3ccc(-c4cc(Cl)ccc4Cl)o3)SC2=S)c(C)c1. The summed E-state index contributed by atoms with van der Waals surface area (Å²) in [4.78, 5) is 15.1. The van der Waals surface area contributed by atoms with E-state index in [2.05, 4.69) is 0 Å². The molecule has 1 aromatic heterocycles. The second kappa shape index (κ2) is 8.00. The van der Waals surface area contributed by atoms with Crippen molar-refractivity contribution in [3.8, 4) is 11.3 Å². The fourth-order valence-electron chi connectivity index (χ4n) is 3.12. The van der Waals surface area contributed by atoms with Gasteiger partial charge in [-0.25, -0.2) is 0 Å². The molecule has 0 atom stereocenters. The van der Waals surface area contributed by atoms with Gasteiger partial charge >= 0.3 is 0 Å². The van der Waals surface area contributed by atoms with E-state index in [1.54, 1.807) is 41.3 Å². The summed E-state index contributed by atoms with van der Waals surface area (Å²) in [6, 6.07) is 14.7. The van der Waals surface area contributed by atoms with Crippen LogP contribution in [0.1, 0.15) is 16.9 Å².